The molecule has 1 atom stereocenters. The maximum atomic E-state index is 13.2. The Morgan fingerprint density at radius 1 is 0.844 bits per heavy atom. The minimum absolute atomic E-state index is 0.299. The molecule has 0 bridgehead atoms. The fourth-order valence-corrected chi connectivity index (χ4v) is 3.84. The molecule has 0 saturated carbocycles. The summed E-state index contributed by atoms with van der Waals surface area (Å²) in [6.45, 7) is 1.55. The summed E-state index contributed by atoms with van der Waals surface area (Å²) in [7, 11) is 2.02. The molecule has 0 radical (unpaired) electrons. The van der Waals surface area contributed by atoms with Gasteiger partial charge in [-0.1, -0.05) is 91.0 Å². The zero-order valence-electron chi connectivity index (χ0n) is 18.4. The van der Waals surface area contributed by atoms with Gasteiger partial charge in [-0.2, -0.15) is 0 Å². The van der Waals surface area contributed by atoms with Gasteiger partial charge in [0.15, 0.2) is 0 Å². The lowest BCUT2D eigenvalue weighted by atomic mass is 9.90. The van der Waals surface area contributed by atoms with Crippen LogP contribution in [0.2, 0.25) is 0 Å². The summed E-state index contributed by atoms with van der Waals surface area (Å²) in [5.74, 6) is -1.86. The van der Waals surface area contributed by atoms with Crippen molar-refractivity contribution in [2.24, 2.45) is 0 Å². The van der Waals surface area contributed by atoms with Crippen LogP contribution in [0.1, 0.15) is 35.4 Å². The number of benzene rings is 3. The summed E-state index contributed by atoms with van der Waals surface area (Å²) in [4.78, 5) is 27.2. The highest BCUT2D eigenvalue weighted by atomic mass is 16.4. The third-order valence-electron chi connectivity index (χ3n) is 5.47. The van der Waals surface area contributed by atoms with Crippen LogP contribution in [0.3, 0.4) is 0 Å². The number of aliphatic carboxylic acids is 1. The monoisotopic (exact) mass is 430 g/mol. The molecule has 3 aromatic carbocycles. The Balaban J connectivity index is 1.62. The summed E-state index contributed by atoms with van der Waals surface area (Å²) in [6.07, 6.45) is 1.04. The van der Waals surface area contributed by atoms with Crippen LogP contribution in [-0.2, 0) is 16.1 Å². The minimum Gasteiger partial charge on any atom is -0.480 e. The van der Waals surface area contributed by atoms with Crippen LogP contribution in [0.4, 0.5) is 0 Å². The predicted octanol–water partition coefficient (Wildman–Crippen LogP) is 4.30. The number of hydrogen-bond donors (Lipinski definition) is 2. The van der Waals surface area contributed by atoms with Crippen molar-refractivity contribution in [1.82, 2.24) is 10.2 Å². The van der Waals surface area contributed by atoms with E-state index in [9.17, 15) is 14.7 Å². The van der Waals surface area contributed by atoms with Crippen LogP contribution < -0.4 is 5.32 Å². The van der Waals surface area contributed by atoms with Gasteiger partial charge >= 0.3 is 5.97 Å². The lowest BCUT2D eigenvalue weighted by molar-refractivity contribution is -0.142. The molecule has 0 aliphatic rings. The highest BCUT2D eigenvalue weighted by molar-refractivity contribution is 5.90. The fourth-order valence-electron chi connectivity index (χ4n) is 3.84. The average molecular weight is 431 g/mol. The van der Waals surface area contributed by atoms with Gasteiger partial charge in [0.05, 0.1) is 5.92 Å². The van der Waals surface area contributed by atoms with Crippen molar-refractivity contribution < 1.29 is 14.7 Å². The van der Waals surface area contributed by atoms with E-state index in [0.29, 0.717) is 12.8 Å². The molecule has 3 rings (SSSR count). The Hall–Kier alpha value is -3.44. The van der Waals surface area contributed by atoms with E-state index in [1.807, 2.05) is 85.9 Å². The number of carboxylic acids is 1. The van der Waals surface area contributed by atoms with E-state index in [1.165, 1.54) is 5.56 Å². The Bertz CT molecular complexity index is 938. The second-order valence-electron chi connectivity index (χ2n) is 8.02. The molecule has 0 saturated heterocycles. The SMILES string of the molecule is CN(CCCC(NC(=O)C(c1ccccc1)c1ccccc1)C(=O)O)Cc1ccccc1. The zero-order valence-corrected chi connectivity index (χ0v) is 18.4. The highest BCUT2D eigenvalue weighted by Gasteiger charge is 2.27. The zero-order chi connectivity index (χ0) is 22.8. The van der Waals surface area contributed by atoms with Crippen molar-refractivity contribution in [3.8, 4) is 0 Å². The van der Waals surface area contributed by atoms with E-state index < -0.39 is 17.9 Å². The van der Waals surface area contributed by atoms with E-state index in [2.05, 4.69) is 22.3 Å². The van der Waals surface area contributed by atoms with Gasteiger partial charge in [0.2, 0.25) is 5.91 Å². The summed E-state index contributed by atoms with van der Waals surface area (Å²) >= 11 is 0. The molecule has 1 amide bonds. The molecule has 0 aliphatic heterocycles. The number of amides is 1. The van der Waals surface area contributed by atoms with Crippen LogP contribution in [0, 0.1) is 0 Å². The predicted molar refractivity (Wildman–Crippen MR) is 126 cm³/mol. The molecule has 1 unspecified atom stereocenters. The van der Waals surface area contributed by atoms with Gasteiger partial charge < -0.3 is 15.3 Å². The normalized spacial score (nSPS) is 12.0. The van der Waals surface area contributed by atoms with E-state index >= 15 is 0 Å². The third kappa shape index (κ3) is 6.79. The summed E-state index contributed by atoms with van der Waals surface area (Å²) in [6, 6.07) is 28.1. The molecule has 0 aromatic heterocycles. The van der Waals surface area contributed by atoms with E-state index in [1.54, 1.807) is 0 Å². The molecule has 3 aromatic rings. The molecule has 166 valence electrons. The van der Waals surface area contributed by atoms with Crippen molar-refractivity contribution in [2.75, 3.05) is 13.6 Å². The number of nitrogens with one attached hydrogen (secondary N) is 1. The van der Waals surface area contributed by atoms with Gasteiger partial charge in [-0.15, -0.1) is 0 Å². The molecule has 5 nitrogen and oxygen atoms in total. The smallest absolute Gasteiger partial charge is 0.326 e. The molecule has 0 heterocycles. The lowest BCUT2D eigenvalue weighted by Gasteiger charge is -2.22. The Morgan fingerprint density at radius 2 is 1.34 bits per heavy atom. The average Bonchev–Trinajstić information content (AvgIpc) is 2.80. The second kappa shape index (κ2) is 11.8. The van der Waals surface area contributed by atoms with Crippen LogP contribution in [0.15, 0.2) is 91.0 Å². The number of rotatable bonds is 11. The standard InChI is InChI=1S/C27H30N2O3/c1-29(20-21-12-5-2-6-13-21)19-11-18-24(27(31)32)28-26(30)25(22-14-7-3-8-15-22)23-16-9-4-10-17-23/h2-10,12-17,24-25H,11,18-20H2,1H3,(H,28,30)(H,31,32). The van der Waals surface area contributed by atoms with Gasteiger partial charge in [-0.05, 0) is 43.1 Å². The van der Waals surface area contributed by atoms with Gasteiger partial charge in [-0.3, -0.25) is 4.79 Å². The first-order valence-electron chi connectivity index (χ1n) is 10.9. The van der Waals surface area contributed by atoms with E-state index in [4.69, 9.17) is 0 Å². The largest absolute Gasteiger partial charge is 0.480 e. The van der Waals surface area contributed by atoms with E-state index in [-0.39, 0.29) is 5.91 Å². The third-order valence-corrected chi connectivity index (χ3v) is 5.47. The molecule has 0 spiro atoms. The van der Waals surface area contributed by atoms with Gasteiger partial charge in [0.1, 0.15) is 6.04 Å². The second-order valence-corrected chi connectivity index (χ2v) is 8.02. The van der Waals surface area contributed by atoms with Crippen LogP contribution >= 0.6 is 0 Å². The first kappa shape index (κ1) is 23.2. The van der Waals surface area contributed by atoms with Crippen LogP contribution in [0.25, 0.3) is 0 Å². The first-order chi connectivity index (χ1) is 15.5. The maximum absolute atomic E-state index is 13.2. The molecule has 5 heteroatoms. The Kier molecular flexibility index (Phi) is 8.58. The van der Waals surface area contributed by atoms with Crippen molar-refractivity contribution >= 4 is 11.9 Å². The first-order valence-corrected chi connectivity index (χ1v) is 10.9. The summed E-state index contributed by atoms with van der Waals surface area (Å²) in [5.41, 5.74) is 2.89. The van der Waals surface area contributed by atoms with Crippen molar-refractivity contribution in [2.45, 2.75) is 31.3 Å². The van der Waals surface area contributed by atoms with Gasteiger partial charge in [0, 0.05) is 6.54 Å². The van der Waals surface area contributed by atoms with Crippen molar-refractivity contribution in [1.29, 1.82) is 0 Å². The summed E-state index contributed by atoms with van der Waals surface area (Å²) < 4.78 is 0. The van der Waals surface area contributed by atoms with Gasteiger partial charge in [0.25, 0.3) is 0 Å². The van der Waals surface area contributed by atoms with E-state index in [0.717, 1.165) is 24.2 Å². The topological polar surface area (TPSA) is 69.6 Å². The number of carbonyl (C=O) groups is 2. The van der Waals surface area contributed by atoms with Crippen molar-refractivity contribution in [3.63, 3.8) is 0 Å². The Morgan fingerprint density at radius 3 is 1.84 bits per heavy atom. The molecule has 2 N–H and O–H groups in total. The Labute approximate surface area is 189 Å². The maximum Gasteiger partial charge on any atom is 0.326 e. The molecule has 0 fully saturated rings. The number of carboxylic acid groups (broad SMARTS) is 1. The quantitative estimate of drug-likeness (QED) is 0.476. The number of hydrogen-bond acceptors (Lipinski definition) is 3. The molecular weight excluding hydrogens is 400 g/mol. The summed E-state index contributed by atoms with van der Waals surface area (Å²) in [5, 5.41) is 12.5. The minimum atomic E-state index is -1.01. The van der Waals surface area contributed by atoms with Gasteiger partial charge in [-0.25, -0.2) is 4.79 Å². The lowest BCUT2D eigenvalue weighted by Crippen LogP contribution is -2.43. The van der Waals surface area contributed by atoms with Crippen LogP contribution in [-0.4, -0.2) is 41.5 Å². The number of carbonyl (C=O) groups excluding carboxylic acids is 1. The number of nitrogens with zero attached hydrogens (tertiary/aromatic N) is 1. The molecule has 32 heavy (non-hydrogen) atoms. The highest BCUT2D eigenvalue weighted by Crippen LogP contribution is 2.25. The molecule has 0 aliphatic carbocycles. The fraction of sp³-hybridized carbons (Fsp3) is 0.259. The van der Waals surface area contributed by atoms with Crippen LogP contribution in [0.5, 0.6) is 0 Å². The van der Waals surface area contributed by atoms with Crippen molar-refractivity contribution in [3.05, 3.63) is 108 Å². The molecular formula is C27H30N2O3.